The number of amides is 2. The largest absolute Gasteiger partial charge is 0.497 e. The van der Waals surface area contributed by atoms with Gasteiger partial charge in [0, 0.05) is 37.9 Å². The SMILES string of the molecule is COc1ccc(N2CCN(C(=O)Nc3ccc(F)cc3)CC2)c(OC)c1. The molecule has 1 aliphatic rings. The number of urea groups is 1. The number of carbonyl (C=O) groups excluding carboxylic acids is 1. The van der Waals surface area contributed by atoms with Crippen LogP contribution < -0.4 is 19.7 Å². The predicted octanol–water partition coefficient (Wildman–Crippen LogP) is 3.20. The fourth-order valence-corrected chi connectivity index (χ4v) is 2.93. The second kappa shape index (κ2) is 7.95. The van der Waals surface area contributed by atoms with Gasteiger partial charge in [-0.05, 0) is 36.4 Å². The molecule has 0 atom stereocenters. The lowest BCUT2D eigenvalue weighted by molar-refractivity contribution is 0.208. The van der Waals surface area contributed by atoms with E-state index in [-0.39, 0.29) is 11.8 Å². The van der Waals surface area contributed by atoms with E-state index in [2.05, 4.69) is 10.2 Å². The minimum absolute atomic E-state index is 0.182. The van der Waals surface area contributed by atoms with Crippen LogP contribution in [0.2, 0.25) is 0 Å². The Morgan fingerprint density at radius 2 is 1.69 bits per heavy atom. The number of methoxy groups -OCH3 is 2. The topological polar surface area (TPSA) is 54.0 Å². The molecule has 2 amide bonds. The van der Waals surface area contributed by atoms with E-state index in [4.69, 9.17) is 9.47 Å². The van der Waals surface area contributed by atoms with E-state index in [1.807, 2.05) is 18.2 Å². The van der Waals surface area contributed by atoms with Crippen molar-refractivity contribution < 1.29 is 18.7 Å². The van der Waals surface area contributed by atoms with Gasteiger partial charge in [0.1, 0.15) is 17.3 Å². The fourth-order valence-electron chi connectivity index (χ4n) is 2.93. The van der Waals surface area contributed by atoms with Gasteiger partial charge < -0.3 is 24.6 Å². The van der Waals surface area contributed by atoms with Crippen molar-refractivity contribution in [2.75, 3.05) is 50.6 Å². The number of hydrogen-bond donors (Lipinski definition) is 1. The van der Waals surface area contributed by atoms with Crippen molar-refractivity contribution in [3.8, 4) is 11.5 Å². The van der Waals surface area contributed by atoms with Gasteiger partial charge >= 0.3 is 6.03 Å². The number of anilines is 2. The summed E-state index contributed by atoms with van der Waals surface area (Å²) in [5, 5.41) is 2.79. The van der Waals surface area contributed by atoms with Crippen molar-refractivity contribution >= 4 is 17.4 Å². The number of benzene rings is 2. The van der Waals surface area contributed by atoms with Crippen molar-refractivity contribution in [3.63, 3.8) is 0 Å². The third-order valence-electron chi connectivity index (χ3n) is 4.39. The van der Waals surface area contributed by atoms with Crippen LogP contribution in [-0.2, 0) is 0 Å². The zero-order valence-corrected chi connectivity index (χ0v) is 14.9. The summed E-state index contributed by atoms with van der Waals surface area (Å²) in [5.74, 6) is 1.15. The quantitative estimate of drug-likeness (QED) is 0.911. The number of halogens is 1. The fraction of sp³-hybridized carbons (Fsp3) is 0.316. The highest BCUT2D eigenvalue weighted by atomic mass is 19.1. The van der Waals surface area contributed by atoms with Gasteiger partial charge in [-0.1, -0.05) is 0 Å². The summed E-state index contributed by atoms with van der Waals surface area (Å²) >= 11 is 0. The van der Waals surface area contributed by atoms with Gasteiger partial charge in [0.15, 0.2) is 0 Å². The summed E-state index contributed by atoms with van der Waals surface area (Å²) in [6, 6.07) is 11.3. The minimum atomic E-state index is -0.329. The maximum Gasteiger partial charge on any atom is 0.321 e. The molecule has 0 radical (unpaired) electrons. The zero-order chi connectivity index (χ0) is 18.5. The molecule has 138 valence electrons. The number of piperazine rings is 1. The van der Waals surface area contributed by atoms with Crippen molar-refractivity contribution in [3.05, 3.63) is 48.3 Å². The van der Waals surface area contributed by atoms with Crippen LogP contribution in [0.25, 0.3) is 0 Å². The zero-order valence-electron chi connectivity index (χ0n) is 14.9. The minimum Gasteiger partial charge on any atom is -0.497 e. The first-order valence-corrected chi connectivity index (χ1v) is 8.39. The van der Waals surface area contributed by atoms with Crippen molar-refractivity contribution in [2.45, 2.75) is 0 Å². The highest BCUT2D eigenvalue weighted by molar-refractivity contribution is 5.89. The number of ether oxygens (including phenoxy) is 2. The lowest BCUT2D eigenvalue weighted by Crippen LogP contribution is -2.50. The maximum absolute atomic E-state index is 12.9. The molecule has 1 aliphatic heterocycles. The van der Waals surface area contributed by atoms with Gasteiger partial charge in [-0.15, -0.1) is 0 Å². The summed E-state index contributed by atoms with van der Waals surface area (Å²) in [6.45, 7) is 2.56. The van der Waals surface area contributed by atoms with E-state index in [0.29, 0.717) is 31.9 Å². The number of rotatable bonds is 4. The van der Waals surface area contributed by atoms with Crippen LogP contribution in [-0.4, -0.2) is 51.3 Å². The second-order valence-electron chi connectivity index (χ2n) is 5.95. The highest BCUT2D eigenvalue weighted by Crippen LogP contribution is 2.32. The molecule has 0 aromatic heterocycles. The molecule has 2 aromatic carbocycles. The van der Waals surface area contributed by atoms with Gasteiger partial charge in [-0.25, -0.2) is 9.18 Å². The molecule has 6 nitrogen and oxygen atoms in total. The molecular weight excluding hydrogens is 337 g/mol. The summed E-state index contributed by atoms with van der Waals surface area (Å²) in [5.41, 5.74) is 1.56. The number of hydrogen-bond acceptors (Lipinski definition) is 4. The van der Waals surface area contributed by atoms with Gasteiger partial charge in [-0.3, -0.25) is 0 Å². The molecule has 3 rings (SSSR count). The summed E-state index contributed by atoms with van der Waals surface area (Å²) < 4.78 is 23.6. The first-order chi connectivity index (χ1) is 12.6. The number of nitrogens with one attached hydrogen (secondary N) is 1. The smallest absolute Gasteiger partial charge is 0.321 e. The van der Waals surface area contributed by atoms with E-state index < -0.39 is 0 Å². The van der Waals surface area contributed by atoms with E-state index in [1.54, 1.807) is 31.3 Å². The van der Waals surface area contributed by atoms with E-state index in [1.165, 1.54) is 12.1 Å². The van der Waals surface area contributed by atoms with Crippen molar-refractivity contribution in [1.29, 1.82) is 0 Å². The van der Waals surface area contributed by atoms with E-state index >= 15 is 0 Å². The Kier molecular flexibility index (Phi) is 5.46. The molecule has 1 fully saturated rings. The summed E-state index contributed by atoms with van der Waals surface area (Å²) in [4.78, 5) is 16.3. The van der Waals surface area contributed by atoms with Gasteiger partial charge in [0.2, 0.25) is 0 Å². The molecule has 0 unspecified atom stereocenters. The Morgan fingerprint density at radius 3 is 2.31 bits per heavy atom. The standard InChI is InChI=1S/C19H22FN3O3/c1-25-16-7-8-17(18(13-16)26-2)22-9-11-23(12-10-22)19(24)21-15-5-3-14(20)4-6-15/h3-8,13H,9-12H2,1-2H3,(H,21,24). The predicted molar refractivity (Wildman–Crippen MR) is 98.8 cm³/mol. The number of carbonyl (C=O) groups is 1. The Morgan fingerprint density at radius 1 is 1.00 bits per heavy atom. The van der Waals surface area contributed by atoms with Crippen molar-refractivity contribution in [1.82, 2.24) is 4.90 Å². The first-order valence-electron chi connectivity index (χ1n) is 8.39. The van der Waals surface area contributed by atoms with Crippen LogP contribution >= 0.6 is 0 Å². The van der Waals surface area contributed by atoms with Crippen LogP contribution in [0, 0.1) is 5.82 Å². The molecule has 7 heteroatoms. The Bertz CT molecular complexity index is 759. The van der Waals surface area contributed by atoms with Gasteiger partial charge in [0.05, 0.1) is 19.9 Å². The average Bonchev–Trinajstić information content (AvgIpc) is 2.69. The molecule has 26 heavy (non-hydrogen) atoms. The third kappa shape index (κ3) is 3.99. The van der Waals surface area contributed by atoms with Gasteiger partial charge in [0.25, 0.3) is 0 Å². The van der Waals surface area contributed by atoms with Crippen LogP contribution in [0.1, 0.15) is 0 Å². The average molecular weight is 359 g/mol. The van der Waals surface area contributed by atoms with Crippen molar-refractivity contribution in [2.24, 2.45) is 0 Å². The molecular formula is C19H22FN3O3. The normalized spacial score (nSPS) is 14.1. The Hall–Kier alpha value is -2.96. The molecule has 0 aliphatic carbocycles. The highest BCUT2D eigenvalue weighted by Gasteiger charge is 2.23. The molecule has 1 saturated heterocycles. The molecule has 1 heterocycles. The summed E-state index contributed by atoms with van der Waals surface area (Å²) in [7, 11) is 3.25. The van der Waals surface area contributed by atoms with Crippen LogP contribution in [0.3, 0.4) is 0 Å². The first kappa shape index (κ1) is 17.8. The van der Waals surface area contributed by atoms with Crippen LogP contribution in [0.5, 0.6) is 11.5 Å². The monoisotopic (exact) mass is 359 g/mol. The Labute approximate surface area is 152 Å². The number of nitrogens with zero attached hydrogens (tertiary/aromatic N) is 2. The molecule has 0 bridgehead atoms. The summed E-state index contributed by atoms with van der Waals surface area (Å²) in [6.07, 6.45) is 0. The second-order valence-corrected chi connectivity index (χ2v) is 5.95. The molecule has 0 saturated carbocycles. The molecule has 1 N–H and O–H groups in total. The lowest BCUT2D eigenvalue weighted by Gasteiger charge is -2.36. The molecule has 2 aromatic rings. The van der Waals surface area contributed by atoms with Gasteiger partial charge in [-0.2, -0.15) is 0 Å². The molecule has 0 spiro atoms. The van der Waals surface area contributed by atoms with Crippen LogP contribution in [0.15, 0.2) is 42.5 Å². The Balaban J connectivity index is 1.60. The maximum atomic E-state index is 12.9. The third-order valence-corrected chi connectivity index (χ3v) is 4.39. The van der Waals surface area contributed by atoms with E-state index in [9.17, 15) is 9.18 Å². The van der Waals surface area contributed by atoms with E-state index in [0.717, 1.165) is 17.2 Å². The lowest BCUT2D eigenvalue weighted by atomic mass is 10.2. The van der Waals surface area contributed by atoms with Crippen LogP contribution in [0.4, 0.5) is 20.6 Å².